The summed E-state index contributed by atoms with van der Waals surface area (Å²) in [4.78, 5) is 25.5. The Kier molecular flexibility index (Phi) is 4.79. The molecular formula is C16H28N2O3. The van der Waals surface area contributed by atoms with Crippen molar-refractivity contribution in [2.75, 3.05) is 6.54 Å². The van der Waals surface area contributed by atoms with Crippen molar-refractivity contribution in [1.29, 1.82) is 0 Å². The third-order valence-corrected chi connectivity index (χ3v) is 4.98. The molecule has 0 aromatic heterocycles. The first-order valence-corrected chi connectivity index (χ1v) is 8.10. The minimum atomic E-state index is -0.888. The highest BCUT2D eigenvalue weighted by molar-refractivity contribution is 5.83. The van der Waals surface area contributed by atoms with Crippen molar-refractivity contribution in [2.24, 2.45) is 11.3 Å². The number of carbonyl (C=O) groups excluding carboxylic acids is 1. The number of amides is 2. The van der Waals surface area contributed by atoms with Crippen LogP contribution in [0.4, 0.5) is 4.79 Å². The number of hydrogen-bond donors (Lipinski definition) is 2. The van der Waals surface area contributed by atoms with E-state index in [1.165, 1.54) is 11.3 Å². The third kappa shape index (κ3) is 3.89. The average Bonchev–Trinajstić information content (AvgIpc) is 2.36. The maximum absolute atomic E-state index is 12.5. The Labute approximate surface area is 127 Å². The Morgan fingerprint density at radius 2 is 1.95 bits per heavy atom. The fourth-order valence-electron chi connectivity index (χ4n) is 3.87. The van der Waals surface area contributed by atoms with E-state index in [1.807, 2.05) is 6.92 Å². The van der Waals surface area contributed by atoms with Gasteiger partial charge in [-0.3, -0.25) is 0 Å². The number of urea groups is 1. The standard InChI is InChI=1S/C16H28N2O3/c1-11-6-5-9-18(13(11)14(19)20)15(21)17-12-7-4-8-16(2,3)10-12/h11-13H,4-10H2,1-3H3,(H,17,21)(H,19,20). The Morgan fingerprint density at radius 1 is 1.24 bits per heavy atom. The third-order valence-electron chi connectivity index (χ3n) is 4.98. The molecule has 0 bridgehead atoms. The summed E-state index contributed by atoms with van der Waals surface area (Å²) >= 11 is 0. The zero-order valence-electron chi connectivity index (χ0n) is 13.4. The lowest BCUT2D eigenvalue weighted by atomic mass is 9.75. The Balaban J connectivity index is 1.99. The summed E-state index contributed by atoms with van der Waals surface area (Å²) in [7, 11) is 0. The summed E-state index contributed by atoms with van der Waals surface area (Å²) in [6.45, 7) is 6.92. The van der Waals surface area contributed by atoms with Crippen LogP contribution in [-0.4, -0.2) is 40.6 Å². The van der Waals surface area contributed by atoms with Gasteiger partial charge in [0.2, 0.25) is 0 Å². The fourth-order valence-corrected chi connectivity index (χ4v) is 3.87. The van der Waals surface area contributed by atoms with E-state index in [-0.39, 0.29) is 23.4 Å². The molecule has 0 radical (unpaired) electrons. The van der Waals surface area contributed by atoms with E-state index in [0.29, 0.717) is 6.54 Å². The maximum Gasteiger partial charge on any atom is 0.326 e. The first-order chi connectivity index (χ1) is 9.80. The van der Waals surface area contributed by atoms with Crippen molar-refractivity contribution in [3.63, 3.8) is 0 Å². The van der Waals surface area contributed by atoms with Crippen LogP contribution in [0.5, 0.6) is 0 Å². The molecule has 3 atom stereocenters. The molecule has 1 saturated carbocycles. The van der Waals surface area contributed by atoms with Crippen molar-refractivity contribution < 1.29 is 14.7 Å². The lowest BCUT2D eigenvalue weighted by Gasteiger charge is -2.40. The first-order valence-electron chi connectivity index (χ1n) is 8.10. The largest absolute Gasteiger partial charge is 0.480 e. The van der Waals surface area contributed by atoms with Gasteiger partial charge in [0.25, 0.3) is 0 Å². The van der Waals surface area contributed by atoms with Crippen LogP contribution in [0.1, 0.15) is 59.3 Å². The zero-order valence-corrected chi connectivity index (χ0v) is 13.4. The van der Waals surface area contributed by atoms with Gasteiger partial charge >= 0.3 is 12.0 Å². The number of nitrogens with one attached hydrogen (secondary N) is 1. The summed E-state index contributed by atoms with van der Waals surface area (Å²) < 4.78 is 0. The normalized spacial score (nSPS) is 32.5. The van der Waals surface area contributed by atoms with Crippen molar-refractivity contribution in [3.05, 3.63) is 0 Å². The van der Waals surface area contributed by atoms with Crippen molar-refractivity contribution in [1.82, 2.24) is 10.2 Å². The fraction of sp³-hybridized carbons (Fsp3) is 0.875. The van der Waals surface area contributed by atoms with E-state index in [0.717, 1.165) is 32.1 Å². The number of carboxylic acid groups (broad SMARTS) is 1. The molecule has 5 nitrogen and oxygen atoms in total. The molecule has 120 valence electrons. The molecule has 3 unspecified atom stereocenters. The van der Waals surface area contributed by atoms with Gasteiger partial charge in [-0.2, -0.15) is 0 Å². The molecule has 2 N–H and O–H groups in total. The van der Waals surface area contributed by atoms with Crippen LogP contribution in [0.2, 0.25) is 0 Å². The lowest BCUT2D eigenvalue weighted by Crippen LogP contribution is -2.57. The van der Waals surface area contributed by atoms with Crippen LogP contribution in [-0.2, 0) is 4.79 Å². The summed E-state index contributed by atoms with van der Waals surface area (Å²) in [5.41, 5.74) is 0.261. The first kappa shape index (κ1) is 16.1. The lowest BCUT2D eigenvalue weighted by molar-refractivity contribution is -0.145. The number of piperidine rings is 1. The van der Waals surface area contributed by atoms with Gasteiger partial charge in [-0.15, -0.1) is 0 Å². The van der Waals surface area contributed by atoms with Gasteiger partial charge in [0.05, 0.1) is 0 Å². The van der Waals surface area contributed by atoms with Crippen LogP contribution in [0.15, 0.2) is 0 Å². The highest BCUT2D eigenvalue weighted by Gasteiger charge is 2.38. The molecule has 5 heteroatoms. The van der Waals surface area contributed by atoms with Crippen LogP contribution in [0.3, 0.4) is 0 Å². The predicted octanol–water partition coefficient (Wildman–Crippen LogP) is 2.85. The van der Waals surface area contributed by atoms with Gasteiger partial charge in [0.1, 0.15) is 6.04 Å². The molecule has 0 spiro atoms. The summed E-state index contributed by atoms with van der Waals surface area (Å²) in [5.74, 6) is -0.869. The van der Waals surface area contributed by atoms with E-state index in [2.05, 4.69) is 19.2 Å². The molecule has 1 aliphatic carbocycles. The molecule has 2 fully saturated rings. The van der Waals surface area contributed by atoms with Gasteiger partial charge in [0.15, 0.2) is 0 Å². The van der Waals surface area contributed by atoms with Gasteiger partial charge < -0.3 is 15.3 Å². The molecule has 2 amide bonds. The number of rotatable bonds is 2. The SMILES string of the molecule is CC1CCCN(C(=O)NC2CCCC(C)(C)C2)C1C(=O)O. The summed E-state index contributed by atoms with van der Waals surface area (Å²) in [6.07, 6.45) is 6.04. The molecule has 1 heterocycles. The highest BCUT2D eigenvalue weighted by Crippen LogP contribution is 2.35. The number of hydrogen-bond acceptors (Lipinski definition) is 2. The van der Waals surface area contributed by atoms with Gasteiger partial charge in [-0.05, 0) is 43.4 Å². The number of carboxylic acids is 1. The zero-order chi connectivity index (χ0) is 15.6. The molecule has 2 rings (SSSR count). The van der Waals surface area contributed by atoms with Crippen molar-refractivity contribution in [2.45, 2.75) is 71.4 Å². The molecule has 0 aromatic rings. The monoisotopic (exact) mass is 296 g/mol. The smallest absolute Gasteiger partial charge is 0.326 e. The van der Waals surface area contributed by atoms with E-state index in [1.54, 1.807) is 0 Å². The summed E-state index contributed by atoms with van der Waals surface area (Å²) in [6, 6.07) is -0.708. The number of nitrogens with zero attached hydrogens (tertiary/aromatic N) is 1. The minimum absolute atomic E-state index is 0.0183. The van der Waals surface area contributed by atoms with Gasteiger partial charge in [-0.1, -0.05) is 27.2 Å². The van der Waals surface area contributed by atoms with Crippen molar-refractivity contribution >= 4 is 12.0 Å². The van der Waals surface area contributed by atoms with Crippen LogP contribution in [0, 0.1) is 11.3 Å². The van der Waals surface area contributed by atoms with Crippen molar-refractivity contribution in [3.8, 4) is 0 Å². The molecule has 1 saturated heterocycles. The van der Waals surface area contributed by atoms with Crippen LogP contribution >= 0.6 is 0 Å². The van der Waals surface area contributed by atoms with Crippen LogP contribution in [0.25, 0.3) is 0 Å². The summed E-state index contributed by atoms with van der Waals surface area (Å²) in [5, 5.41) is 12.5. The number of likely N-dealkylation sites (tertiary alicyclic amines) is 1. The predicted molar refractivity (Wildman–Crippen MR) is 81.1 cm³/mol. The number of carbonyl (C=O) groups is 2. The minimum Gasteiger partial charge on any atom is -0.480 e. The topological polar surface area (TPSA) is 69.6 Å². The van der Waals surface area contributed by atoms with Crippen LogP contribution < -0.4 is 5.32 Å². The molecular weight excluding hydrogens is 268 g/mol. The molecule has 2 aliphatic rings. The molecule has 21 heavy (non-hydrogen) atoms. The second kappa shape index (κ2) is 6.24. The number of aliphatic carboxylic acids is 1. The Morgan fingerprint density at radius 3 is 2.57 bits per heavy atom. The van der Waals surface area contributed by atoms with E-state index in [4.69, 9.17) is 0 Å². The molecule has 0 aromatic carbocycles. The van der Waals surface area contributed by atoms with Gasteiger partial charge in [0, 0.05) is 12.6 Å². The average molecular weight is 296 g/mol. The van der Waals surface area contributed by atoms with Gasteiger partial charge in [-0.25, -0.2) is 9.59 Å². The second-order valence-electron chi connectivity index (χ2n) is 7.50. The molecule has 1 aliphatic heterocycles. The Bertz CT molecular complexity index is 408. The van der Waals surface area contributed by atoms with E-state index < -0.39 is 12.0 Å². The highest BCUT2D eigenvalue weighted by atomic mass is 16.4. The quantitative estimate of drug-likeness (QED) is 0.823. The Hall–Kier alpha value is -1.26. The second-order valence-corrected chi connectivity index (χ2v) is 7.50. The van der Waals surface area contributed by atoms with E-state index in [9.17, 15) is 14.7 Å². The van der Waals surface area contributed by atoms with E-state index >= 15 is 0 Å². The maximum atomic E-state index is 12.5.